The molecule has 0 radical (unpaired) electrons. The van der Waals surface area contributed by atoms with Gasteiger partial charge >= 0.3 is 0 Å². The number of alkyl halides is 1. The number of carbonyl (C=O) groups is 2. The normalized spacial score (nSPS) is 9.76. The van der Waals surface area contributed by atoms with Crippen molar-refractivity contribution in [2.45, 2.75) is 0 Å². The number of methoxy groups -OCH3 is 1. The summed E-state index contributed by atoms with van der Waals surface area (Å²) >= 11 is 2.93. The van der Waals surface area contributed by atoms with E-state index in [-0.39, 0.29) is 22.2 Å². The van der Waals surface area contributed by atoms with Gasteiger partial charge in [0.25, 0.3) is 5.69 Å². The summed E-state index contributed by atoms with van der Waals surface area (Å²) in [5.74, 6) is -0.263. The first-order valence-electron chi connectivity index (χ1n) is 4.46. The van der Waals surface area contributed by atoms with E-state index in [0.717, 1.165) is 0 Å². The van der Waals surface area contributed by atoms with Crippen molar-refractivity contribution in [3.8, 4) is 5.75 Å². The molecule has 0 aliphatic carbocycles. The number of nitrogens with zero attached hydrogens (tertiary/aromatic N) is 1. The molecule has 0 aliphatic heterocycles. The Morgan fingerprint density at radius 3 is 2.65 bits per heavy atom. The van der Waals surface area contributed by atoms with Gasteiger partial charge in [0.15, 0.2) is 12.1 Å². The summed E-state index contributed by atoms with van der Waals surface area (Å²) in [7, 11) is 1.35. The molecule has 0 amide bonds. The fourth-order valence-electron chi connectivity index (χ4n) is 1.33. The van der Waals surface area contributed by atoms with Gasteiger partial charge in [-0.25, -0.2) is 0 Å². The second-order valence-electron chi connectivity index (χ2n) is 3.04. The van der Waals surface area contributed by atoms with Crippen molar-refractivity contribution in [1.29, 1.82) is 0 Å². The number of halogens is 1. The van der Waals surface area contributed by atoms with Crippen molar-refractivity contribution in [1.82, 2.24) is 0 Å². The van der Waals surface area contributed by atoms with Crippen LogP contribution in [0.4, 0.5) is 5.69 Å². The fourth-order valence-corrected chi connectivity index (χ4v) is 1.63. The number of hydrogen-bond acceptors (Lipinski definition) is 5. The smallest absolute Gasteiger partial charge is 0.290 e. The summed E-state index contributed by atoms with van der Waals surface area (Å²) in [6, 6.07) is 2.46. The Labute approximate surface area is 105 Å². The zero-order valence-electron chi connectivity index (χ0n) is 8.81. The van der Waals surface area contributed by atoms with Crippen molar-refractivity contribution in [2.24, 2.45) is 0 Å². The Morgan fingerprint density at radius 1 is 1.59 bits per heavy atom. The average Bonchev–Trinajstić information content (AvgIpc) is 2.35. The minimum atomic E-state index is -0.751. The third-order valence-corrected chi connectivity index (χ3v) is 2.59. The number of hydrogen-bond donors (Lipinski definition) is 0. The largest absolute Gasteiger partial charge is 0.497 e. The quantitative estimate of drug-likeness (QED) is 0.273. The van der Waals surface area contributed by atoms with Crippen LogP contribution >= 0.6 is 15.9 Å². The van der Waals surface area contributed by atoms with Crippen LogP contribution in [0.5, 0.6) is 5.75 Å². The molecule has 0 unspecified atom stereocenters. The van der Waals surface area contributed by atoms with Crippen molar-refractivity contribution >= 4 is 33.7 Å². The van der Waals surface area contributed by atoms with Gasteiger partial charge in [-0.05, 0) is 12.1 Å². The highest BCUT2D eigenvalue weighted by atomic mass is 79.9. The van der Waals surface area contributed by atoms with Crippen molar-refractivity contribution in [3.05, 3.63) is 33.4 Å². The van der Waals surface area contributed by atoms with Crippen LogP contribution in [-0.2, 0) is 0 Å². The number of carbonyl (C=O) groups excluding carboxylic acids is 2. The van der Waals surface area contributed by atoms with E-state index in [1.165, 1.54) is 19.2 Å². The van der Waals surface area contributed by atoms with E-state index in [1.807, 2.05) is 0 Å². The summed E-state index contributed by atoms with van der Waals surface area (Å²) in [4.78, 5) is 32.4. The molecular formula is C10H8BrNO5. The fraction of sp³-hybridized carbons (Fsp3) is 0.200. The van der Waals surface area contributed by atoms with Crippen LogP contribution in [0, 0.1) is 10.1 Å². The molecule has 90 valence electrons. The van der Waals surface area contributed by atoms with Crippen LogP contribution in [0.2, 0.25) is 0 Å². The standard InChI is InChI=1S/C10H8BrNO5/c1-17-7-2-6(5-13)10(12(15)16)8(3-7)9(14)4-11/h2-3,5H,4H2,1H3. The summed E-state index contributed by atoms with van der Waals surface area (Å²) in [5.41, 5.74) is -0.822. The molecule has 6 nitrogen and oxygen atoms in total. The maximum atomic E-state index is 11.6. The lowest BCUT2D eigenvalue weighted by atomic mass is 10.0. The van der Waals surface area contributed by atoms with Crippen LogP contribution < -0.4 is 4.74 Å². The SMILES string of the molecule is COc1cc(C=O)c([N+](=O)[O-])c(C(=O)CBr)c1. The minimum Gasteiger partial charge on any atom is -0.497 e. The highest BCUT2D eigenvalue weighted by Crippen LogP contribution is 2.28. The Bertz CT molecular complexity index is 486. The molecular weight excluding hydrogens is 294 g/mol. The van der Waals surface area contributed by atoms with Gasteiger partial charge in [0.2, 0.25) is 0 Å². The van der Waals surface area contributed by atoms with Gasteiger partial charge in [-0.15, -0.1) is 0 Å². The van der Waals surface area contributed by atoms with Gasteiger partial charge in [0.05, 0.1) is 22.9 Å². The lowest BCUT2D eigenvalue weighted by molar-refractivity contribution is -0.385. The number of benzene rings is 1. The van der Waals surface area contributed by atoms with E-state index in [1.54, 1.807) is 0 Å². The second-order valence-corrected chi connectivity index (χ2v) is 3.61. The minimum absolute atomic E-state index is 0.0701. The maximum absolute atomic E-state index is 11.6. The van der Waals surface area contributed by atoms with Crippen molar-refractivity contribution in [3.63, 3.8) is 0 Å². The van der Waals surface area contributed by atoms with Gasteiger partial charge < -0.3 is 4.74 Å². The number of ether oxygens (including phenoxy) is 1. The molecule has 0 N–H and O–H groups in total. The average molecular weight is 302 g/mol. The summed E-state index contributed by atoms with van der Waals surface area (Å²) in [6.45, 7) is 0. The molecule has 7 heteroatoms. The monoisotopic (exact) mass is 301 g/mol. The zero-order chi connectivity index (χ0) is 13.0. The number of Topliss-reactive ketones (excluding diaryl/α,β-unsaturated/α-hetero) is 1. The zero-order valence-corrected chi connectivity index (χ0v) is 10.4. The summed E-state index contributed by atoms with van der Waals surface area (Å²) < 4.78 is 4.88. The van der Waals surface area contributed by atoms with Gasteiger partial charge in [-0.3, -0.25) is 19.7 Å². The lowest BCUT2D eigenvalue weighted by Gasteiger charge is -2.06. The van der Waals surface area contributed by atoms with Gasteiger partial charge in [-0.2, -0.15) is 0 Å². The third-order valence-electron chi connectivity index (χ3n) is 2.08. The molecule has 0 aromatic heterocycles. The molecule has 17 heavy (non-hydrogen) atoms. The Balaban J connectivity index is 3.57. The summed E-state index contributed by atoms with van der Waals surface area (Å²) in [5, 5.41) is 10.8. The van der Waals surface area contributed by atoms with E-state index in [2.05, 4.69) is 15.9 Å². The summed E-state index contributed by atoms with van der Waals surface area (Å²) in [6.07, 6.45) is 0.325. The van der Waals surface area contributed by atoms with E-state index in [9.17, 15) is 19.7 Å². The Hall–Kier alpha value is -1.76. The first kappa shape index (κ1) is 13.3. The van der Waals surface area contributed by atoms with E-state index in [4.69, 9.17) is 4.74 Å². The van der Waals surface area contributed by atoms with Crippen LogP contribution in [0.25, 0.3) is 0 Å². The van der Waals surface area contributed by atoms with Crippen molar-refractivity contribution < 1.29 is 19.2 Å². The lowest BCUT2D eigenvalue weighted by Crippen LogP contribution is -2.08. The van der Waals surface area contributed by atoms with Gasteiger partial charge in [-0.1, -0.05) is 15.9 Å². The Kier molecular flexibility index (Phi) is 4.33. The van der Waals surface area contributed by atoms with Crippen LogP contribution in [0.1, 0.15) is 20.7 Å². The number of ketones is 1. The first-order valence-corrected chi connectivity index (χ1v) is 5.58. The molecule has 0 fully saturated rings. The molecule has 0 bridgehead atoms. The predicted octanol–water partition coefficient (Wildman–Crippen LogP) is 1.99. The van der Waals surface area contributed by atoms with Crippen LogP contribution in [0.15, 0.2) is 12.1 Å². The highest BCUT2D eigenvalue weighted by Gasteiger charge is 2.25. The molecule has 0 heterocycles. The molecule has 1 aromatic carbocycles. The van der Waals surface area contributed by atoms with E-state index < -0.39 is 16.4 Å². The van der Waals surface area contributed by atoms with Crippen LogP contribution in [-0.4, -0.2) is 29.4 Å². The third kappa shape index (κ3) is 2.68. The molecule has 1 aromatic rings. The second kappa shape index (κ2) is 5.53. The first-order chi connectivity index (χ1) is 8.04. The molecule has 0 spiro atoms. The van der Waals surface area contributed by atoms with Crippen molar-refractivity contribution in [2.75, 3.05) is 12.4 Å². The van der Waals surface area contributed by atoms with Gasteiger partial charge in [0.1, 0.15) is 11.3 Å². The van der Waals surface area contributed by atoms with E-state index >= 15 is 0 Å². The van der Waals surface area contributed by atoms with Gasteiger partial charge in [0, 0.05) is 0 Å². The molecule has 0 aliphatic rings. The number of rotatable bonds is 5. The predicted molar refractivity (Wildman–Crippen MR) is 63.2 cm³/mol. The van der Waals surface area contributed by atoms with Crippen LogP contribution in [0.3, 0.4) is 0 Å². The Morgan fingerprint density at radius 2 is 2.24 bits per heavy atom. The molecule has 0 atom stereocenters. The topological polar surface area (TPSA) is 86.5 Å². The number of aldehydes is 1. The molecule has 0 saturated carbocycles. The number of nitro benzene ring substituents is 1. The van der Waals surface area contributed by atoms with E-state index in [0.29, 0.717) is 6.29 Å². The highest BCUT2D eigenvalue weighted by molar-refractivity contribution is 9.09. The molecule has 1 rings (SSSR count). The maximum Gasteiger partial charge on any atom is 0.290 e. The molecule has 0 saturated heterocycles. The number of nitro groups is 1.